The van der Waals surface area contributed by atoms with Gasteiger partial charge in [0.05, 0.1) is 6.61 Å². The van der Waals surface area contributed by atoms with Gasteiger partial charge in [-0.25, -0.2) is 0 Å². The minimum Gasteiger partial charge on any atom is -0.394 e. The number of hydrogen-bond donors (Lipinski definition) is 1. The largest absolute Gasteiger partial charge is 0.394 e. The Morgan fingerprint density at radius 2 is 2.09 bits per heavy atom. The van der Waals surface area contributed by atoms with E-state index in [4.69, 9.17) is 0 Å². The molecule has 1 aliphatic carbocycles. The zero-order valence-corrected chi connectivity index (χ0v) is 7.21. The number of nitrogens with zero attached hydrogens (tertiary/aromatic N) is 1. The van der Waals surface area contributed by atoms with Gasteiger partial charge in [-0.15, -0.1) is 0 Å². The Hall–Kier alpha value is -0.0800. The highest BCUT2D eigenvalue weighted by atomic mass is 16.3. The molecule has 0 aromatic heterocycles. The van der Waals surface area contributed by atoms with Crippen LogP contribution in [-0.2, 0) is 0 Å². The first-order chi connectivity index (χ1) is 5.27. The van der Waals surface area contributed by atoms with E-state index in [9.17, 15) is 5.11 Å². The molecular formula is C9H17NO. The van der Waals surface area contributed by atoms with Crippen LogP contribution >= 0.6 is 0 Å². The highest BCUT2D eigenvalue weighted by molar-refractivity contribution is 4.99. The van der Waals surface area contributed by atoms with E-state index in [2.05, 4.69) is 11.9 Å². The van der Waals surface area contributed by atoms with Gasteiger partial charge in [-0.3, -0.25) is 4.90 Å². The van der Waals surface area contributed by atoms with Crippen LogP contribution in [0.1, 0.15) is 25.7 Å². The third kappa shape index (κ3) is 1.00. The van der Waals surface area contributed by atoms with Crippen molar-refractivity contribution in [2.75, 3.05) is 20.2 Å². The van der Waals surface area contributed by atoms with E-state index in [1.54, 1.807) is 0 Å². The van der Waals surface area contributed by atoms with Gasteiger partial charge in [-0.1, -0.05) is 0 Å². The Balaban J connectivity index is 2.16. The molecule has 2 nitrogen and oxygen atoms in total. The van der Waals surface area contributed by atoms with Gasteiger partial charge >= 0.3 is 0 Å². The molecule has 0 aromatic carbocycles. The summed E-state index contributed by atoms with van der Waals surface area (Å²) in [4.78, 5) is 2.37. The molecule has 1 N–H and O–H groups in total. The highest BCUT2D eigenvalue weighted by Crippen LogP contribution is 2.41. The van der Waals surface area contributed by atoms with Crippen molar-refractivity contribution in [1.29, 1.82) is 0 Å². The molecule has 2 aliphatic heterocycles. The molecule has 0 unspecified atom stereocenters. The van der Waals surface area contributed by atoms with Gasteiger partial charge in [0, 0.05) is 12.1 Å². The summed E-state index contributed by atoms with van der Waals surface area (Å²) < 4.78 is 0. The molecule has 1 saturated carbocycles. The fourth-order valence-electron chi connectivity index (χ4n) is 2.64. The van der Waals surface area contributed by atoms with E-state index in [1.165, 1.54) is 32.2 Å². The number of aliphatic hydroxyl groups excluding tert-OH is 1. The molecule has 0 radical (unpaired) electrons. The van der Waals surface area contributed by atoms with Crippen molar-refractivity contribution in [3.63, 3.8) is 0 Å². The Labute approximate surface area is 68.2 Å². The maximum atomic E-state index is 9.29. The average Bonchev–Trinajstić information content (AvgIpc) is 2.07. The summed E-state index contributed by atoms with van der Waals surface area (Å²) in [5.74, 6) is 0.924. The molecule has 2 heterocycles. The molecule has 2 heteroatoms. The van der Waals surface area contributed by atoms with Gasteiger partial charge in [0.15, 0.2) is 0 Å². The summed E-state index contributed by atoms with van der Waals surface area (Å²) >= 11 is 0. The third-order valence-corrected chi connectivity index (χ3v) is 3.67. The summed E-state index contributed by atoms with van der Waals surface area (Å²) in [6.07, 6.45) is 5.10. The first-order valence-corrected chi connectivity index (χ1v) is 4.59. The zero-order chi connectivity index (χ0) is 7.90. The van der Waals surface area contributed by atoms with Crippen LogP contribution in [0.25, 0.3) is 0 Å². The van der Waals surface area contributed by atoms with E-state index in [-0.39, 0.29) is 5.54 Å². The monoisotopic (exact) mass is 155 g/mol. The van der Waals surface area contributed by atoms with Crippen LogP contribution in [0.15, 0.2) is 0 Å². The molecule has 0 atom stereocenters. The minimum atomic E-state index is 0.175. The van der Waals surface area contributed by atoms with Crippen LogP contribution in [-0.4, -0.2) is 35.7 Å². The highest BCUT2D eigenvalue weighted by Gasteiger charge is 2.43. The van der Waals surface area contributed by atoms with Crippen LogP contribution in [0.2, 0.25) is 0 Å². The lowest BCUT2D eigenvalue weighted by Crippen LogP contribution is -2.58. The van der Waals surface area contributed by atoms with Crippen molar-refractivity contribution in [3.05, 3.63) is 0 Å². The van der Waals surface area contributed by atoms with E-state index in [0.29, 0.717) is 6.61 Å². The first kappa shape index (κ1) is 7.56. The Morgan fingerprint density at radius 1 is 1.45 bits per heavy atom. The van der Waals surface area contributed by atoms with Crippen LogP contribution in [0, 0.1) is 5.92 Å². The van der Waals surface area contributed by atoms with E-state index < -0.39 is 0 Å². The molecule has 3 rings (SSSR count). The summed E-state index contributed by atoms with van der Waals surface area (Å²) in [5.41, 5.74) is 0.175. The van der Waals surface area contributed by atoms with Gasteiger partial charge in [0.25, 0.3) is 0 Å². The Kier molecular flexibility index (Phi) is 1.69. The molecule has 64 valence electrons. The number of likely N-dealkylation sites (N-methyl/N-ethyl adjacent to an activating group) is 1. The molecule has 0 spiro atoms. The second-order valence-corrected chi connectivity index (χ2v) is 4.21. The molecule has 0 amide bonds. The number of rotatable bonds is 1. The maximum Gasteiger partial charge on any atom is 0.0615 e. The van der Waals surface area contributed by atoms with Crippen LogP contribution < -0.4 is 0 Å². The second kappa shape index (κ2) is 2.46. The predicted octanol–water partition coefficient (Wildman–Crippen LogP) is 0.853. The quantitative estimate of drug-likeness (QED) is 0.607. The maximum absolute atomic E-state index is 9.29. The van der Waals surface area contributed by atoms with E-state index in [1.807, 2.05) is 0 Å². The molecule has 3 fully saturated rings. The van der Waals surface area contributed by atoms with Gasteiger partial charge in [0.1, 0.15) is 0 Å². The van der Waals surface area contributed by atoms with Gasteiger partial charge in [-0.05, 0) is 38.6 Å². The minimum absolute atomic E-state index is 0.175. The van der Waals surface area contributed by atoms with Crippen LogP contribution in [0.3, 0.4) is 0 Å². The summed E-state index contributed by atoms with van der Waals surface area (Å²) in [5, 5.41) is 9.29. The molecular weight excluding hydrogens is 138 g/mol. The van der Waals surface area contributed by atoms with Gasteiger partial charge in [0.2, 0.25) is 0 Å². The number of fused-ring (bicyclic) bond motifs is 3. The summed E-state index contributed by atoms with van der Waals surface area (Å²) in [7, 11) is 2.15. The second-order valence-electron chi connectivity index (χ2n) is 4.21. The van der Waals surface area contributed by atoms with Gasteiger partial charge < -0.3 is 5.11 Å². The first-order valence-electron chi connectivity index (χ1n) is 4.59. The van der Waals surface area contributed by atoms with E-state index in [0.717, 1.165) is 5.92 Å². The number of aliphatic hydroxyl groups is 1. The van der Waals surface area contributed by atoms with Crippen LogP contribution in [0.5, 0.6) is 0 Å². The average molecular weight is 155 g/mol. The molecule has 3 aliphatic rings. The Morgan fingerprint density at radius 3 is 2.45 bits per heavy atom. The third-order valence-electron chi connectivity index (χ3n) is 3.67. The number of piperidine rings is 2. The summed E-state index contributed by atoms with van der Waals surface area (Å²) in [6, 6.07) is 0. The number of hydrogen-bond acceptors (Lipinski definition) is 2. The van der Waals surface area contributed by atoms with Crippen molar-refractivity contribution in [1.82, 2.24) is 4.90 Å². The smallest absolute Gasteiger partial charge is 0.0615 e. The fraction of sp³-hybridized carbons (Fsp3) is 1.00. The summed E-state index contributed by atoms with van der Waals surface area (Å²) in [6.45, 7) is 1.57. The van der Waals surface area contributed by atoms with Crippen molar-refractivity contribution in [2.24, 2.45) is 5.92 Å². The van der Waals surface area contributed by atoms with Gasteiger partial charge in [-0.2, -0.15) is 0 Å². The standard InChI is InChI=1S/C9H17NO/c1-10-6-8-2-4-9(10,7-11)5-3-8/h8,11H,2-7H2,1H3. The van der Waals surface area contributed by atoms with Crippen molar-refractivity contribution in [2.45, 2.75) is 31.2 Å². The van der Waals surface area contributed by atoms with Crippen molar-refractivity contribution >= 4 is 0 Å². The van der Waals surface area contributed by atoms with Crippen molar-refractivity contribution in [3.8, 4) is 0 Å². The van der Waals surface area contributed by atoms with E-state index >= 15 is 0 Å². The fourth-order valence-corrected chi connectivity index (χ4v) is 2.64. The lowest BCUT2D eigenvalue weighted by atomic mass is 9.71. The van der Waals surface area contributed by atoms with Crippen molar-refractivity contribution < 1.29 is 5.11 Å². The molecule has 0 aromatic rings. The molecule has 11 heavy (non-hydrogen) atoms. The molecule has 2 bridgehead atoms. The predicted molar refractivity (Wildman–Crippen MR) is 44.4 cm³/mol. The lowest BCUT2D eigenvalue weighted by Gasteiger charge is -2.52. The SMILES string of the molecule is CN1CC2CCC1(CO)CC2. The zero-order valence-electron chi connectivity index (χ0n) is 7.21. The Bertz CT molecular complexity index is 150. The van der Waals surface area contributed by atoms with Crippen LogP contribution in [0.4, 0.5) is 0 Å². The molecule has 2 saturated heterocycles. The topological polar surface area (TPSA) is 23.5 Å². The normalized spacial score (nSPS) is 44.7. The lowest BCUT2D eigenvalue weighted by molar-refractivity contribution is -0.0495.